The van der Waals surface area contributed by atoms with E-state index in [0.717, 1.165) is 5.56 Å². The Hall–Kier alpha value is -2.73. The number of benzene rings is 2. The Labute approximate surface area is 131 Å². The molecule has 0 bridgehead atoms. The van der Waals surface area contributed by atoms with E-state index in [-0.39, 0.29) is 11.7 Å². The lowest BCUT2D eigenvalue weighted by Gasteiger charge is -2.05. The van der Waals surface area contributed by atoms with E-state index in [1.807, 2.05) is 6.07 Å². The van der Waals surface area contributed by atoms with Gasteiger partial charge < -0.3 is 5.73 Å². The number of anilines is 1. The minimum absolute atomic E-state index is 0.180. The third-order valence-corrected chi connectivity index (χ3v) is 3.18. The van der Waals surface area contributed by atoms with E-state index in [4.69, 9.17) is 17.3 Å². The van der Waals surface area contributed by atoms with E-state index < -0.39 is 0 Å². The lowest BCUT2D eigenvalue weighted by molar-refractivity contribution is 0.628. The van der Waals surface area contributed by atoms with Gasteiger partial charge >= 0.3 is 0 Å². The van der Waals surface area contributed by atoms with Crippen molar-refractivity contribution in [3.63, 3.8) is 0 Å². The molecule has 0 fully saturated rings. The van der Waals surface area contributed by atoms with Crippen LogP contribution in [0, 0.1) is 5.82 Å². The molecular formula is C15H11ClFN5. The predicted molar refractivity (Wildman–Crippen MR) is 87.1 cm³/mol. The molecule has 3 N–H and O–H groups in total. The van der Waals surface area contributed by atoms with Crippen LogP contribution in [0.25, 0.3) is 0 Å². The van der Waals surface area contributed by atoms with Crippen molar-refractivity contribution in [2.24, 2.45) is 21.0 Å². The summed E-state index contributed by atoms with van der Waals surface area (Å²) in [6, 6.07) is 13.1. The molecule has 0 atom stereocenters. The van der Waals surface area contributed by atoms with Gasteiger partial charge in [0.1, 0.15) is 11.5 Å². The fourth-order valence-corrected chi connectivity index (χ4v) is 2.13. The maximum Gasteiger partial charge on any atom is 0.176 e. The maximum absolute atomic E-state index is 13.2. The van der Waals surface area contributed by atoms with Gasteiger partial charge in [0.25, 0.3) is 0 Å². The molecule has 1 aliphatic heterocycles. The molecule has 0 amide bonds. The molecule has 1 aliphatic rings. The number of rotatable bonds is 3. The van der Waals surface area contributed by atoms with Gasteiger partial charge in [0, 0.05) is 10.6 Å². The van der Waals surface area contributed by atoms with Gasteiger partial charge in [-0.15, -0.1) is 10.2 Å². The Balaban J connectivity index is 1.89. The number of amidine groups is 1. The Kier molecular flexibility index (Phi) is 3.84. The van der Waals surface area contributed by atoms with E-state index in [9.17, 15) is 4.39 Å². The highest BCUT2D eigenvalue weighted by Crippen LogP contribution is 2.15. The van der Waals surface area contributed by atoms with E-state index in [2.05, 4.69) is 20.7 Å². The van der Waals surface area contributed by atoms with Crippen molar-refractivity contribution < 1.29 is 4.39 Å². The fraction of sp³-hybridized carbons (Fsp3) is 0. The first-order valence-electron chi connectivity index (χ1n) is 6.40. The van der Waals surface area contributed by atoms with Crippen molar-refractivity contribution >= 4 is 34.5 Å². The predicted octanol–water partition coefficient (Wildman–Crippen LogP) is 3.02. The second-order valence-electron chi connectivity index (χ2n) is 4.53. The lowest BCUT2D eigenvalue weighted by atomic mass is 10.1. The SMILES string of the molecule is NC1=NN=C(c2cccc(Cl)c2)/C1=N\Nc1cccc(F)c1. The van der Waals surface area contributed by atoms with Gasteiger partial charge in [0.2, 0.25) is 0 Å². The van der Waals surface area contributed by atoms with Gasteiger partial charge in [-0.2, -0.15) is 5.10 Å². The van der Waals surface area contributed by atoms with E-state index in [0.29, 0.717) is 22.1 Å². The second-order valence-corrected chi connectivity index (χ2v) is 4.96. The normalized spacial score (nSPS) is 15.6. The van der Waals surface area contributed by atoms with Crippen LogP contribution in [0.3, 0.4) is 0 Å². The smallest absolute Gasteiger partial charge is 0.176 e. The summed E-state index contributed by atoms with van der Waals surface area (Å²) in [5.74, 6) is -0.180. The van der Waals surface area contributed by atoms with Crippen LogP contribution in [0.1, 0.15) is 5.56 Å². The molecule has 5 nitrogen and oxygen atoms in total. The van der Waals surface area contributed by atoms with Gasteiger partial charge in [0.15, 0.2) is 11.5 Å². The number of hydrogen-bond acceptors (Lipinski definition) is 5. The molecule has 1 heterocycles. The number of nitrogens with two attached hydrogens (primary N) is 1. The summed E-state index contributed by atoms with van der Waals surface area (Å²) < 4.78 is 13.2. The van der Waals surface area contributed by atoms with Crippen molar-refractivity contribution in [2.75, 3.05) is 5.43 Å². The Morgan fingerprint density at radius 1 is 1.09 bits per heavy atom. The summed E-state index contributed by atoms with van der Waals surface area (Å²) in [6.07, 6.45) is 0. The third-order valence-electron chi connectivity index (χ3n) is 2.94. The molecule has 110 valence electrons. The molecule has 0 saturated heterocycles. The molecule has 0 radical (unpaired) electrons. The maximum atomic E-state index is 13.2. The molecule has 0 aromatic heterocycles. The highest BCUT2D eigenvalue weighted by Gasteiger charge is 2.21. The minimum atomic E-state index is -0.359. The Bertz CT molecular complexity index is 813. The second kappa shape index (κ2) is 5.95. The monoisotopic (exact) mass is 315 g/mol. The van der Waals surface area contributed by atoms with Crippen molar-refractivity contribution in [1.82, 2.24) is 0 Å². The van der Waals surface area contributed by atoms with Crippen LogP contribution in [-0.4, -0.2) is 17.3 Å². The van der Waals surface area contributed by atoms with E-state index in [1.165, 1.54) is 12.1 Å². The molecule has 2 aromatic rings. The van der Waals surface area contributed by atoms with Gasteiger partial charge in [-0.25, -0.2) is 4.39 Å². The van der Waals surface area contributed by atoms with Gasteiger partial charge in [-0.3, -0.25) is 5.43 Å². The summed E-state index contributed by atoms with van der Waals surface area (Å²) in [4.78, 5) is 0. The van der Waals surface area contributed by atoms with Gasteiger partial charge in [-0.1, -0.05) is 29.8 Å². The third kappa shape index (κ3) is 2.96. The van der Waals surface area contributed by atoms with Crippen LogP contribution in [-0.2, 0) is 0 Å². The standard InChI is InChI=1S/C15H11ClFN5/c16-10-4-1-3-9(7-10)13-14(15(18)22-20-13)21-19-12-6-2-5-11(17)8-12/h1-8,19H,(H2,18,21,22). The molecule has 2 aromatic carbocycles. The molecule has 22 heavy (non-hydrogen) atoms. The van der Waals surface area contributed by atoms with E-state index >= 15 is 0 Å². The summed E-state index contributed by atoms with van der Waals surface area (Å²) in [5.41, 5.74) is 10.7. The first-order chi connectivity index (χ1) is 10.6. The fourth-order valence-electron chi connectivity index (χ4n) is 1.94. The topological polar surface area (TPSA) is 75.1 Å². The average molecular weight is 316 g/mol. The molecule has 3 rings (SSSR count). The summed E-state index contributed by atoms with van der Waals surface area (Å²) in [7, 11) is 0. The number of hydrazone groups is 1. The molecule has 0 aliphatic carbocycles. The van der Waals surface area contributed by atoms with Gasteiger partial charge in [-0.05, 0) is 30.3 Å². The number of nitrogens with zero attached hydrogens (tertiary/aromatic N) is 3. The van der Waals surface area contributed by atoms with Gasteiger partial charge in [0.05, 0.1) is 5.69 Å². The zero-order valence-electron chi connectivity index (χ0n) is 11.3. The Morgan fingerprint density at radius 2 is 1.91 bits per heavy atom. The number of hydrogen-bond donors (Lipinski definition) is 2. The summed E-state index contributed by atoms with van der Waals surface area (Å²) >= 11 is 5.98. The van der Waals surface area contributed by atoms with Crippen molar-refractivity contribution in [3.8, 4) is 0 Å². The van der Waals surface area contributed by atoms with Crippen LogP contribution in [0.2, 0.25) is 5.02 Å². The minimum Gasteiger partial charge on any atom is -0.380 e. The van der Waals surface area contributed by atoms with Crippen LogP contribution >= 0.6 is 11.6 Å². The zero-order valence-corrected chi connectivity index (χ0v) is 12.0. The zero-order chi connectivity index (χ0) is 15.5. The molecule has 0 spiro atoms. The van der Waals surface area contributed by atoms with Crippen LogP contribution in [0.4, 0.5) is 10.1 Å². The lowest BCUT2D eigenvalue weighted by Crippen LogP contribution is -2.28. The van der Waals surface area contributed by atoms with Crippen molar-refractivity contribution in [2.45, 2.75) is 0 Å². The van der Waals surface area contributed by atoms with Crippen LogP contribution < -0.4 is 11.2 Å². The first-order valence-corrected chi connectivity index (χ1v) is 6.78. The summed E-state index contributed by atoms with van der Waals surface area (Å²) in [5, 5.41) is 12.6. The highest BCUT2D eigenvalue weighted by molar-refractivity contribution is 6.72. The highest BCUT2D eigenvalue weighted by atomic mass is 35.5. The largest absolute Gasteiger partial charge is 0.380 e. The van der Waals surface area contributed by atoms with Crippen molar-refractivity contribution in [3.05, 3.63) is 64.9 Å². The van der Waals surface area contributed by atoms with E-state index in [1.54, 1.807) is 30.3 Å². The Morgan fingerprint density at radius 3 is 2.68 bits per heavy atom. The van der Waals surface area contributed by atoms with Crippen molar-refractivity contribution in [1.29, 1.82) is 0 Å². The molecule has 0 saturated carbocycles. The number of nitrogens with one attached hydrogen (secondary N) is 1. The first kappa shape index (κ1) is 14.2. The number of halogens is 2. The van der Waals surface area contributed by atoms with Crippen LogP contribution in [0.5, 0.6) is 0 Å². The molecule has 0 unspecified atom stereocenters. The molecular weight excluding hydrogens is 305 g/mol. The average Bonchev–Trinajstić information content (AvgIpc) is 2.86. The summed E-state index contributed by atoms with van der Waals surface area (Å²) in [6.45, 7) is 0. The quantitative estimate of drug-likeness (QED) is 0.854. The molecule has 7 heteroatoms. The van der Waals surface area contributed by atoms with Crippen LogP contribution in [0.15, 0.2) is 63.8 Å².